The number of benzene rings is 1. The van der Waals surface area contributed by atoms with Gasteiger partial charge in [0.15, 0.2) is 18.1 Å². The molecule has 10 heteroatoms. The molecule has 1 aliphatic carbocycles. The number of amides is 3. The number of likely N-dealkylation sites (N-methyl/N-ethyl adjacent to an activating group) is 1. The fourth-order valence-electron chi connectivity index (χ4n) is 3.14. The Morgan fingerprint density at radius 3 is 2.18 bits per heavy atom. The lowest BCUT2D eigenvalue weighted by Gasteiger charge is -2.23. The van der Waals surface area contributed by atoms with E-state index >= 15 is 0 Å². The Labute approximate surface area is 193 Å². The molecule has 10 nitrogen and oxygen atoms in total. The van der Waals surface area contributed by atoms with E-state index in [9.17, 15) is 19.2 Å². The van der Waals surface area contributed by atoms with Gasteiger partial charge in [0.25, 0.3) is 5.91 Å². The van der Waals surface area contributed by atoms with Crippen molar-refractivity contribution >= 4 is 29.4 Å². The average Bonchev–Trinajstić information content (AvgIpc) is 3.46. The molecule has 0 aliphatic heterocycles. The lowest BCUT2D eigenvalue weighted by molar-refractivity contribution is -0.137. The molecule has 33 heavy (non-hydrogen) atoms. The molecule has 0 heterocycles. The topological polar surface area (TPSA) is 123 Å². The van der Waals surface area contributed by atoms with E-state index < -0.39 is 24.0 Å². The van der Waals surface area contributed by atoms with Gasteiger partial charge >= 0.3 is 5.97 Å². The first-order valence-corrected chi connectivity index (χ1v) is 10.6. The van der Waals surface area contributed by atoms with Crippen LogP contribution in [0.25, 0.3) is 0 Å². The van der Waals surface area contributed by atoms with Gasteiger partial charge in [-0.2, -0.15) is 0 Å². The van der Waals surface area contributed by atoms with Gasteiger partial charge in [-0.15, -0.1) is 0 Å². The van der Waals surface area contributed by atoms with Crippen molar-refractivity contribution in [1.82, 2.24) is 10.2 Å². The van der Waals surface area contributed by atoms with Crippen LogP contribution in [-0.4, -0.2) is 68.5 Å². The SMILES string of the molecule is COc1cc(NC(=O)C2CC2C)c(C(=O)OCC(=O)N(C)CC(=O)NC(C)(C)C)cc1OC. The minimum absolute atomic E-state index is 0.0234. The lowest BCUT2D eigenvalue weighted by atomic mass is 10.1. The van der Waals surface area contributed by atoms with E-state index in [2.05, 4.69) is 10.6 Å². The molecule has 3 amide bonds. The summed E-state index contributed by atoms with van der Waals surface area (Å²) in [6.07, 6.45) is 0.780. The summed E-state index contributed by atoms with van der Waals surface area (Å²) in [6, 6.07) is 2.86. The number of esters is 1. The van der Waals surface area contributed by atoms with Crippen LogP contribution < -0.4 is 20.1 Å². The van der Waals surface area contributed by atoms with Crippen molar-refractivity contribution in [2.45, 2.75) is 39.7 Å². The van der Waals surface area contributed by atoms with E-state index in [-0.39, 0.29) is 47.2 Å². The number of nitrogens with zero attached hydrogens (tertiary/aromatic N) is 1. The second kappa shape index (κ2) is 10.5. The molecule has 1 saturated carbocycles. The van der Waals surface area contributed by atoms with Gasteiger partial charge in [-0.05, 0) is 33.1 Å². The fraction of sp³-hybridized carbons (Fsp3) is 0.565. The van der Waals surface area contributed by atoms with Gasteiger partial charge in [-0.3, -0.25) is 14.4 Å². The van der Waals surface area contributed by atoms with Gasteiger partial charge in [-0.25, -0.2) is 4.79 Å². The summed E-state index contributed by atoms with van der Waals surface area (Å²) in [5, 5.41) is 5.50. The van der Waals surface area contributed by atoms with Crippen molar-refractivity contribution in [3.05, 3.63) is 17.7 Å². The van der Waals surface area contributed by atoms with E-state index in [0.717, 1.165) is 6.42 Å². The standard InChI is InChI=1S/C23H33N3O7/c1-13-8-14(13)21(29)24-16-10-18(32-7)17(31-6)9-15(16)22(30)33-12-20(28)26(5)11-19(27)25-23(2,3)4/h9-10,13-14H,8,11-12H2,1-7H3,(H,24,29)(H,25,27). The van der Waals surface area contributed by atoms with Crippen molar-refractivity contribution in [2.24, 2.45) is 11.8 Å². The summed E-state index contributed by atoms with van der Waals surface area (Å²) in [7, 11) is 4.30. The first kappa shape index (κ1) is 26.0. The molecule has 0 saturated heterocycles. The second-order valence-corrected chi connectivity index (χ2v) is 9.19. The monoisotopic (exact) mass is 463 g/mol. The predicted octanol–water partition coefficient (Wildman–Crippen LogP) is 1.83. The van der Waals surface area contributed by atoms with E-state index in [0.29, 0.717) is 5.75 Å². The van der Waals surface area contributed by atoms with Crippen molar-refractivity contribution in [2.75, 3.05) is 39.7 Å². The molecular weight excluding hydrogens is 430 g/mol. The summed E-state index contributed by atoms with van der Waals surface area (Å²) in [4.78, 5) is 50.8. The third-order valence-electron chi connectivity index (χ3n) is 5.10. The van der Waals surface area contributed by atoms with Crippen LogP contribution in [0.4, 0.5) is 5.69 Å². The van der Waals surface area contributed by atoms with Gasteiger partial charge in [0.1, 0.15) is 0 Å². The van der Waals surface area contributed by atoms with Crippen LogP contribution in [0.3, 0.4) is 0 Å². The first-order valence-electron chi connectivity index (χ1n) is 10.6. The minimum Gasteiger partial charge on any atom is -0.493 e. The number of carbonyl (C=O) groups is 4. The third-order valence-corrected chi connectivity index (χ3v) is 5.10. The van der Waals surface area contributed by atoms with Crippen LogP contribution in [0.15, 0.2) is 12.1 Å². The molecule has 2 rings (SSSR count). The molecule has 0 aromatic heterocycles. The largest absolute Gasteiger partial charge is 0.493 e. The number of nitrogens with one attached hydrogen (secondary N) is 2. The fourth-order valence-corrected chi connectivity index (χ4v) is 3.14. The maximum atomic E-state index is 12.8. The zero-order valence-corrected chi connectivity index (χ0v) is 20.2. The quantitative estimate of drug-likeness (QED) is 0.536. The summed E-state index contributed by atoms with van der Waals surface area (Å²) in [5.74, 6) is -1.14. The van der Waals surface area contributed by atoms with Crippen molar-refractivity contribution in [1.29, 1.82) is 0 Å². The van der Waals surface area contributed by atoms with Crippen LogP contribution in [0.2, 0.25) is 0 Å². The van der Waals surface area contributed by atoms with Gasteiger partial charge < -0.3 is 29.7 Å². The van der Waals surface area contributed by atoms with E-state index in [1.807, 2.05) is 27.7 Å². The molecule has 1 fully saturated rings. The summed E-state index contributed by atoms with van der Waals surface area (Å²) >= 11 is 0. The Morgan fingerprint density at radius 2 is 1.67 bits per heavy atom. The summed E-state index contributed by atoms with van der Waals surface area (Å²) in [6.45, 7) is 6.72. The van der Waals surface area contributed by atoms with E-state index in [4.69, 9.17) is 14.2 Å². The van der Waals surface area contributed by atoms with Crippen molar-refractivity contribution in [3.63, 3.8) is 0 Å². The number of hydrogen-bond donors (Lipinski definition) is 2. The van der Waals surface area contributed by atoms with Crippen LogP contribution in [0, 0.1) is 11.8 Å². The molecule has 2 atom stereocenters. The van der Waals surface area contributed by atoms with Crippen LogP contribution >= 0.6 is 0 Å². The molecule has 1 aromatic rings. The molecule has 2 N–H and O–H groups in total. The van der Waals surface area contributed by atoms with Crippen LogP contribution in [0.5, 0.6) is 11.5 Å². The van der Waals surface area contributed by atoms with Crippen molar-refractivity contribution < 1.29 is 33.4 Å². The summed E-state index contributed by atoms with van der Waals surface area (Å²) in [5.41, 5.74) is -0.206. The van der Waals surface area contributed by atoms with E-state index in [1.54, 1.807) is 0 Å². The van der Waals surface area contributed by atoms with Gasteiger partial charge in [0, 0.05) is 30.6 Å². The molecule has 1 aromatic carbocycles. The number of anilines is 1. The minimum atomic E-state index is -0.823. The Hall–Kier alpha value is -3.30. The zero-order chi connectivity index (χ0) is 24.9. The second-order valence-electron chi connectivity index (χ2n) is 9.19. The summed E-state index contributed by atoms with van der Waals surface area (Å²) < 4.78 is 15.7. The van der Waals surface area contributed by atoms with Gasteiger partial charge in [0.05, 0.1) is 32.0 Å². The highest BCUT2D eigenvalue weighted by atomic mass is 16.5. The number of rotatable bonds is 9. The third kappa shape index (κ3) is 7.37. The maximum absolute atomic E-state index is 12.8. The molecule has 1 aliphatic rings. The Morgan fingerprint density at radius 1 is 1.09 bits per heavy atom. The highest BCUT2D eigenvalue weighted by Crippen LogP contribution is 2.40. The number of hydrogen-bond acceptors (Lipinski definition) is 7. The van der Waals surface area contributed by atoms with Crippen molar-refractivity contribution in [3.8, 4) is 11.5 Å². The normalized spacial score (nSPS) is 16.9. The van der Waals surface area contributed by atoms with Crippen LogP contribution in [-0.2, 0) is 19.1 Å². The molecule has 182 valence electrons. The average molecular weight is 464 g/mol. The predicted molar refractivity (Wildman–Crippen MR) is 121 cm³/mol. The first-order chi connectivity index (χ1) is 15.4. The molecule has 2 unspecified atom stereocenters. The molecule has 0 spiro atoms. The molecular formula is C23H33N3O7. The zero-order valence-electron chi connectivity index (χ0n) is 20.2. The number of ether oxygens (including phenoxy) is 3. The van der Waals surface area contributed by atoms with E-state index in [1.165, 1.54) is 38.3 Å². The smallest absolute Gasteiger partial charge is 0.340 e. The van der Waals surface area contributed by atoms with Gasteiger partial charge in [0.2, 0.25) is 11.8 Å². The highest BCUT2D eigenvalue weighted by molar-refractivity contribution is 6.04. The molecule has 0 radical (unpaired) electrons. The molecule has 0 bridgehead atoms. The highest BCUT2D eigenvalue weighted by Gasteiger charge is 2.39. The Kier molecular flexibility index (Phi) is 8.29. The number of methoxy groups -OCH3 is 2. The van der Waals surface area contributed by atoms with Gasteiger partial charge in [-0.1, -0.05) is 6.92 Å². The maximum Gasteiger partial charge on any atom is 0.340 e. The lowest BCUT2D eigenvalue weighted by Crippen LogP contribution is -2.46. The van der Waals surface area contributed by atoms with Crippen LogP contribution in [0.1, 0.15) is 44.5 Å². The Balaban J connectivity index is 2.09. The number of carbonyl (C=O) groups excluding carboxylic acids is 4. The Bertz CT molecular complexity index is 923.